The number of likely N-dealkylation sites (tertiary alicyclic amines) is 1. The lowest BCUT2D eigenvalue weighted by Gasteiger charge is -2.32. The fraction of sp³-hybridized carbons (Fsp3) is 0.400. The van der Waals surface area contributed by atoms with Gasteiger partial charge in [-0.25, -0.2) is 4.98 Å². The van der Waals surface area contributed by atoms with Gasteiger partial charge in [-0.1, -0.05) is 17.4 Å². The quantitative estimate of drug-likeness (QED) is 0.788. The van der Waals surface area contributed by atoms with E-state index in [9.17, 15) is 9.90 Å². The van der Waals surface area contributed by atoms with Crippen molar-refractivity contribution >= 4 is 33.4 Å². The third-order valence-electron chi connectivity index (χ3n) is 4.09. The molecule has 0 amide bonds. The van der Waals surface area contributed by atoms with Crippen molar-refractivity contribution in [3.63, 3.8) is 0 Å². The van der Waals surface area contributed by atoms with Crippen LogP contribution < -0.4 is 0 Å². The second-order valence-corrected chi connectivity index (χ2v) is 7.62. The summed E-state index contributed by atoms with van der Waals surface area (Å²) in [6.45, 7) is 3.24. The largest absolute Gasteiger partial charge is 0.492 e. The molecule has 120 valence electrons. The molecule has 1 fully saturated rings. The summed E-state index contributed by atoms with van der Waals surface area (Å²) in [5, 5.41) is 16.9. The lowest BCUT2D eigenvalue weighted by atomic mass is 10.1. The predicted octanol–water partition coefficient (Wildman–Crippen LogP) is 2.62. The van der Waals surface area contributed by atoms with Crippen molar-refractivity contribution in [2.45, 2.75) is 25.8 Å². The number of nitrogens with zero attached hydrogens (tertiary/aromatic N) is 4. The number of carbonyl (C=O) groups is 1. The Morgan fingerprint density at radius 1 is 1.35 bits per heavy atom. The highest BCUT2D eigenvalue weighted by Gasteiger charge is 2.32. The summed E-state index contributed by atoms with van der Waals surface area (Å²) in [7, 11) is 0. The van der Waals surface area contributed by atoms with Gasteiger partial charge in [0, 0.05) is 30.8 Å². The van der Waals surface area contributed by atoms with Gasteiger partial charge in [-0.05, 0) is 18.4 Å². The van der Waals surface area contributed by atoms with E-state index in [0.717, 1.165) is 9.75 Å². The number of piperidine rings is 1. The Hall–Kier alpha value is -1.77. The zero-order valence-corrected chi connectivity index (χ0v) is 14.2. The summed E-state index contributed by atoms with van der Waals surface area (Å²) in [5.41, 5.74) is 0. The molecule has 0 saturated carbocycles. The average molecular weight is 348 g/mol. The molecule has 1 N–H and O–H groups in total. The van der Waals surface area contributed by atoms with E-state index in [2.05, 4.69) is 21.0 Å². The molecule has 8 heteroatoms. The molecule has 0 radical (unpaired) electrons. The molecule has 3 aromatic rings. The standard InChI is InChI=1S/C15H16N4O2S2/c1-9-16-15-19(17-9)14(21)13(23-15)12(11-3-2-8-22-11)18-6-4-10(20)5-7-18/h2-3,8,12,21H,4-7H2,1H3. The number of ketones is 1. The molecule has 1 aliphatic heterocycles. The minimum Gasteiger partial charge on any atom is -0.492 e. The number of aryl methyl sites for hydroxylation is 1. The summed E-state index contributed by atoms with van der Waals surface area (Å²) in [5.74, 6) is 1.11. The number of thiophene rings is 1. The first-order valence-corrected chi connectivity index (χ1v) is 9.17. The van der Waals surface area contributed by atoms with Crippen LogP contribution >= 0.6 is 22.7 Å². The van der Waals surface area contributed by atoms with Gasteiger partial charge in [0.05, 0.1) is 10.9 Å². The minimum atomic E-state index is -0.0445. The van der Waals surface area contributed by atoms with Crippen LogP contribution in [0.5, 0.6) is 5.88 Å². The molecule has 0 bridgehead atoms. The van der Waals surface area contributed by atoms with Gasteiger partial charge < -0.3 is 5.11 Å². The summed E-state index contributed by atoms with van der Waals surface area (Å²) < 4.78 is 1.50. The van der Waals surface area contributed by atoms with E-state index in [0.29, 0.717) is 42.5 Å². The van der Waals surface area contributed by atoms with Crippen molar-refractivity contribution in [3.05, 3.63) is 33.1 Å². The second-order valence-electron chi connectivity index (χ2n) is 5.64. The highest BCUT2D eigenvalue weighted by atomic mass is 32.1. The van der Waals surface area contributed by atoms with Crippen LogP contribution in [-0.4, -0.2) is 43.5 Å². The predicted molar refractivity (Wildman–Crippen MR) is 89.2 cm³/mol. The van der Waals surface area contributed by atoms with Gasteiger partial charge in [0.15, 0.2) is 0 Å². The Labute approximate surface area is 141 Å². The van der Waals surface area contributed by atoms with Crippen LogP contribution in [0.25, 0.3) is 4.96 Å². The van der Waals surface area contributed by atoms with Gasteiger partial charge in [0.1, 0.15) is 11.6 Å². The lowest BCUT2D eigenvalue weighted by Crippen LogP contribution is -2.36. The van der Waals surface area contributed by atoms with Gasteiger partial charge in [0.25, 0.3) is 0 Å². The van der Waals surface area contributed by atoms with Crippen LogP contribution in [0.4, 0.5) is 0 Å². The molecule has 0 aliphatic carbocycles. The third-order valence-corrected chi connectivity index (χ3v) is 6.08. The number of hydrogen-bond acceptors (Lipinski definition) is 7. The molecule has 1 saturated heterocycles. The van der Waals surface area contributed by atoms with Crippen molar-refractivity contribution < 1.29 is 9.90 Å². The molecule has 0 aromatic carbocycles. The molecule has 6 nitrogen and oxygen atoms in total. The fourth-order valence-corrected chi connectivity index (χ4v) is 5.08. The number of thiazole rings is 1. The first-order valence-electron chi connectivity index (χ1n) is 7.47. The smallest absolute Gasteiger partial charge is 0.230 e. The maximum atomic E-state index is 11.6. The SMILES string of the molecule is Cc1nc2sc(C(c3cccs3)N3CCC(=O)CC3)c(O)n2n1. The van der Waals surface area contributed by atoms with Gasteiger partial charge in [-0.3, -0.25) is 9.69 Å². The van der Waals surface area contributed by atoms with Gasteiger partial charge >= 0.3 is 0 Å². The molecule has 1 atom stereocenters. The van der Waals surface area contributed by atoms with Crippen molar-refractivity contribution in [1.82, 2.24) is 19.5 Å². The number of aromatic nitrogens is 3. The lowest BCUT2D eigenvalue weighted by molar-refractivity contribution is -0.121. The van der Waals surface area contributed by atoms with E-state index < -0.39 is 0 Å². The Morgan fingerprint density at radius 2 is 2.13 bits per heavy atom. The van der Waals surface area contributed by atoms with E-state index >= 15 is 0 Å². The number of fused-ring (bicyclic) bond motifs is 1. The van der Waals surface area contributed by atoms with E-state index in [1.54, 1.807) is 11.3 Å². The number of rotatable bonds is 3. The van der Waals surface area contributed by atoms with Crippen molar-refractivity contribution in [3.8, 4) is 5.88 Å². The third kappa shape index (κ3) is 2.56. The summed E-state index contributed by atoms with van der Waals surface area (Å²) in [4.78, 5) is 20.9. The molecule has 4 rings (SSSR count). The molecule has 1 unspecified atom stereocenters. The van der Waals surface area contributed by atoms with Crippen LogP contribution in [0, 0.1) is 6.92 Å². The fourth-order valence-electron chi connectivity index (χ4n) is 2.98. The molecular formula is C15H16N4O2S2. The monoisotopic (exact) mass is 348 g/mol. The zero-order chi connectivity index (χ0) is 16.0. The van der Waals surface area contributed by atoms with Crippen LogP contribution in [0.15, 0.2) is 17.5 Å². The maximum absolute atomic E-state index is 11.6. The Balaban J connectivity index is 1.79. The minimum absolute atomic E-state index is 0.0445. The zero-order valence-electron chi connectivity index (χ0n) is 12.6. The molecule has 3 aromatic heterocycles. The van der Waals surface area contributed by atoms with Crippen LogP contribution in [0.1, 0.15) is 34.5 Å². The van der Waals surface area contributed by atoms with Gasteiger partial charge in [-0.2, -0.15) is 4.52 Å². The molecule has 1 aliphatic rings. The highest BCUT2D eigenvalue weighted by molar-refractivity contribution is 7.17. The number of Topliss-reactive ketones (excluding diaryl/α,β-unsaturated/α-hetero) is 1. The topological polar surface area (TPSA) is 70.7 Å². The van der Waals surface area contributed by atoms with E-state index in [1.165, 1.54) is 15.9 Å². The Kier molecular flexibility index (Phi) is 3.67. The Bertz CT molecular complexity index is 842. The van der Waals surface area contributed by atoms with Crippen LogP contribution in [0.2, 0.25) is 0 Å². The van der Waals surface area contributed by atoms with E-state index in [1.807, 2.05) is 18.4 Å². The van der Waals surface area contributed by atoms with Gasteiger partial charge in [0.2, 0.25) is 10.8 Å². The van der Waals surface area contributed by atoms with Crippen molar-refractivity contribution in [2.24, 2.45) is 0 Å². The average Bonchev–Trinajstić information content (AvgIpc) is 3.22. The molecule has 4 heterocycles. The van der Waals surface area contributed by atoms with Crippen LogP contribution in [-0.2, 0) is 4.79 Å². The van der Waals surface area contributed by atoms with Gasteiger partial charge in [-0.15, -0.1) is 16.4 Å². The number of hydrogen-bond donors (Lipinski definition) is 1. The normalized spacial score (nSPS) is 17.9. The van der Waals surface area contributed by atoms with E-state index in [-0.39, 0.29) is 11.9 Å². The maximum Gasteiger partial charge on any atom is 0.230 e. The second kappa shape index (κ2) is 5.70. The highest BCUT2D eigenvalue weighted by Crippen LogP contribution is 2.41. The Morgan fingerprint density at radius 3 is 2.78 bits per heavy atom. The first kappa shape index (κ1) is 14.8. The van der Waals surface area contributed by atoms with Crippen molar-refractivity contribution in [2.75, 3.05) is 13.1 Å². The molecule has 23 heavy (non-hydrogen) atoms. The van der Waals surface area contributed by atoms with E-state index in [4.69, 9.17) is 0 Å². The number of aromatic hydroxyl groups is 1. The first-order chi connectivity index (χ1) is 11.1. The van der Waals surface area contributed by atoms with Crippen LogP contribution in [0.3, 0.4) is 0 Å². The molecular weight excluding hydrogens is 332 g/mol. The molecule has 0 spiro atoms. The van der Waals surface area contributed by atoms with Crippen molar-refractivity contribution in [1.29, 1.82) is 0 Å². The summed E-state index contributed by atoms with van der Waals surface area (Å²) in [6.07, 6.45) is 1.14. The summed E-state index contributed by atoms with van der Waals surface area (Å²) in [6, 6.07) is 4.05. The number of carbonyl (C=O) groups excluding carboxylic acids is 1. The summed E-state index contributed by atoms with van der Waals surface area (Å²) >= 11 is 3.13.